The van der Waals surface area contributed by atoms with Crippen molar-refractivity contribution in [1.29, 1.82) is 0 Å². The van der Waals surface area contributed by atoms with E-state index < -0.39 is 10.0 Å². The van der Waals surface area contributed by atoms with Crippen molar-refractivity contribution in [3.05, 3.63) is 24.3 Å². The lowest BCUT2D eigenvalue weighted by atomic mass is 9.85. The summed E-state index contributed by atoms with van der Waals surface area (Å²) in [6, 6.07) is 6.22. The van der Waals surface area contributed by atoms with Gasteiger partial charge in [-0.15, -0.1) is 0 Å². The third-order valence-corrected chi connectivity index (χ3v) is 4.78. The van der Waals surface area contributed by atoms with E-state index in [0.29, 0.717) is 5.69 Å². The second-order valence-electron chi connectivity index (χ2n) is 4.83. The number of hydrogen-bond acceptors (Lipinski definition) is 4. The fourth-order valence-electron chi connectivity index (χ4n) is 1.93. The predicted molar refractivity (Wildman–Crippen MR) is 76.7 cm³/mol. The Morgan fingerprint density at radius 2 is 2.10 bits per heavy atom. The van der Waals surface area contributed by atoms with Crippen LogP contribution in [0, 0.1) is 5.92 Å². The number of anilines is 1. The lowest BCUT2D eigenvalue weighted by molar-refractivity contribution is -0.122. The molecule has 1 saturated carbocycles. The van der Waals surface area contributed by atoms with E-state index in [1.807, 2.05) is 0 Å². The van der Waals surface area contributed by atoms with E-state index in [1.54, 1.807) is 12.1 Å². The minimum atomic E-state index is -3.57. The summed E-state index contributed by atoms with van der Waals surface area (Å²) in [5.74, 6) is 0.0198. The van der Waals surface area contributed by atoms with Gasteiger partial charge >= 0.3 is 0 Å². The van der Waals surface area contributed by atoms with Gasteiger partial charge in [0.25, 0.3) is 0 Å². The van der Waals surface area contributed by atoms with Crippen molar-refractivity contribution >= 4 is 21.6 Å². The first-order valence-corrected chi connectivity index (χ1v) is 8.12. The van der Waals surface area contributed by atoms with Gasteiger partial charge in [-0.05, 0) is 31.0 Å². The average Bonchev–Trinajstić information content (AvgIpc) is 2.34. The lowest BCUT2D eigenvalue weighted by Crippen LogP contribution is -2.30. The average molecular weight is 297 g/mol. The third kappa shape index (κ3) is 3.56. The van der Waals surface area contributed by atoms with Crippen LogP contribution in [0.3, 0.4) is 0 Å². The Bertz CT molecular complexity index is 582. The fourth-order valence-corrected chi connectivity index (χ4v) is 3.03. The van der Waals surface area contributed by atoms with Crippen LogP contribution in [0.15, 0.2) is 29.2 Å². The maximum atomic E-state index is 12.0. The van der Waals surface area contributed by atoms with Gasteiger partial charge in [0.1, 0.15) is 0 Å². The first-order valence-electron chi connectivity index (χ1n) is 6.63. The van der Waals surface area contributed by atoms with Crippen molar-refractivity contribution in [1.82, 2.24) is 4.72 Å². The van der Waals surface area contributed by atoms with Crippen LogP contribution in [0.2, 0.25) is 0 Å². The number of nitrogens with one attached hydrogen (secondary N) is 2. The molecule has 1 fully saturated rings. The largest absolute Gasteiger partial charge is 0.329 e. The molecule has 0 spiro atoms. The van der Waals surface area contributed by atoms with E-state index in [2.05, 4.69) is 10.0 Å². The zero-order valence-corrected chi connectivity index (χ0v) is 11.9. The molecule has 0 bridgehead atoms. The smallest absolute Gasteiger partial charge is 0.240 e. The molecule has 1 aliphatic rings. The van der Waals surface area contributed by atoms with Gasteiger partial charge in [-0.2, -0.15) is 0 Å². The van der Waals surface area contributed by atoms with Crippen LogP contribution < -0.4 is 15.8 Å². The first kappa shape index (κ1) is 15.0. The highest BCUT2D eigenvalue weighted by Gasteiger charge is 2.25. The summed E-state index contributed by atoms with van der Waals surface area (Å²) in [4.78, 5) is 12.0. The quantitative estimate of drug-likeness (QED) is 0.718. The molecule has 1 amide bonds. The van der Waals surface area contributed by atoms with E-state index in [0.717, 1.165) is 19.3 Å². The SMILES string of the molecule is NCCNS(=O)(=O)c1cccc(NC(=O)C2CCC2)c1. The molecule has 2 rings (SSSR count). The van der Waals surface area contributed by atoms with Crippen LogP contribution in [0.1, 0.15) is 19.3 Å². The van der Waals surface area contributed by atoms with Crippen LogP contribution >= 0.6 is 0 Å². The van der Waals surface area contributed by atoms with Gasteiger partial charge < -0.3 is 11.1 Å². The molecule has 110 valence electrons. The zero-order chi connectivity index (χ0) is 14.6. The van der Waals surface area contributed by atoms with Gasteiger partial charge in [-0.3, -0.25) is 4.79 Å². The topological polar surface area (TPSA) is 101 Å². The van der Waals surface area contributed by atoms with Crippen molar-refractivity contribution in [2.45, 2.75) is 24.2 Å². The van der Waals surface area contributed by atoms with Crippen molar-refractivity contribution < 1.29 is 13.2 Å². The maximum Gasteiger partial charge on any atom is 0.240 e. The highest BCUT2D eigenvalue weighted by Crippen LogP contribution is 2.27. The first-order chi connectivity index (χ1) is 9.53. The summed E-state index contributed by atoms with van der Waals surface area (Å²) >= 11 is 0. The van der Waals surface area contributed by atoms with Gasteiger partial charge in [-0.1, -0.05) is 12.5 Å². The number of hydrogen-bond donors (Lipinski definition) is 3. The monoisotopic (exact) mass is 297 g/mol. The summed E-state index contributed by atoms with van der Waals surface area (Å²) in [6.07, 6.45) is 2.89. The summed E-state index contributed by atoms with van der Waals surface area (Å²) in [7, 11) is -3.57. The molecule has 0 saturated heterocycles. The fraction of sp³-hybridized carbons (Fsp3) is 0.462. The van der Waals surface area contributed by atoms with Crippen LogP contribution in [-0.4, -0.2) is 27.4 Å². The number of nitrogens with two attached hydrogens (primary N) is 1. The lowest BCUT2D eigenvalue weighted by Gasteiger charge is -2.24. The van der Waals surface area contributed by atoms with Crippen molar-refractivity contribution in [2.24, 2.45) is 11.7 Å². The number of carbonyl (C=O) groups is 1. The van der Waals surface area contributed by atoms with E-state index in [-0.39, 0.29) is 29.8 Å². The Morgan fingerprint density at radius 3 is 2.70 bits per heavy atom. The van der Waals surface area contributed by atoms with Crippen LogP contribution in [-0.2, 0) is 14.8 Å². The molecule has 4 N–H and O–H groups in total. The number of amides is 1. The molecule has 1 aromatic rings. The van der Waals surface area contributed by atoms with Crippen LogP contribution in [0.25, 0.3) is 0 Å². The van der Waals surface area contributed by atoms with Gasteiger partial charge in [0.2, 0.25) is 15.9 Å². The van der Waals surface area contributed by atoms with Crippen molar-refractivity contribution in [3.63, 3.8) is 0 Å². The van der Waals surface area contributed by atoms with Gasteiger partial charge in [0, 0.05) is 24.7 Å². The minimum Gasteiger partial charge on any atom is -0.329 e. The van der Waals surface area contributed by atoms with Crippen molar-refractivity contribution in [3.8, 4) is 0 Å². The molecule has 0 heterocycles. The van der Waals surface area contributed by atoms with Crippen molar-refractivity contribution in [2.75, 3.05) is 18.4 Å². The molecular weight excluding hydrogens is 278 g/mol. The van der Waals surface area contributed by atoms with E-state index in [1.165, 1.54) is 12.1 Å². The standard InChI is InChI=1S/C13H19N3O3S/c14-7-8-15-20(18,19)12-6-2-5-11(9-12)16-13(17)10-3-1-4-10/h2,5-6,9-10,15H,1,3-4,7-8,14H2,(H,16,17). The van der Waals surface area contributed by atoms with E-state index >= 15 is 0 Å². The zero-order valence-electron chi connectivity index (χ0n) is 11.1. The molecule has 0 unspecified atom stereocenters. The van der Waals surface area contributed by atoms with Gasteiger partial charge in [0.15, 0.2) is 0 Å². The molecule has 0 atom stereocenters. The summed E-state index contributed by atoms with van der Waals surface area (Å²) < 4.78 is 26.3. The molecule has 6 nitrogen and oxygen atoms in total. The summed E-state index contributed by atoms with van der Waals surface area (Å²) in [5.41, 5.74) is 5.78. The molecular formula is C13H19N3O3S. The minimum absolute atomic E-state index is 0.0410. The highest BCUT2D eigenvalue weighted by atomic mass is 32.2. The Morgan fingerprint density at radius 1 is 1.35 bits per heavy atom. The Kier molecular flexibility index (Phi) is 4.74. The number of rotatable bonds is 6. The molecule has 7 heteroatoms. The summed E-state index contributed by atoms with van der Waals surface area (Å²) in [5, 5.41) is 2.76. The Balaban J connectivity index is 2.09. The Labute approximate surface area is 118 Å². The molecule has 1 aromatic carbocycles. The summed E-state index contributed by atoms with van der Waals surface area (Å²) in [6.45, 7) is 0.415. The number of benzene rings is 1. The second-order valence-corrected chi connectivity index (χ2v) is 6.60. The number of carbonyl (C=O) groups excluding carboxylic acids is 1. The second kappa shape index (κ2) is 6.34. The maximum absolute atomic E-state index is 12.0. The van der Waals surface area contributed by atoms with E-state index in [4.69, 9.17) is 5.73 Å². The predicted octanol–water partition coefficient (Wildman–Crippen LogP) is 0.662. The molecule has 0 aliphatic heterocycles. The highest BCUT2D eigenvalue weighted by molar-refractivity contribution is 7.89. The molecule has 20 heavy (non-hydrogen) atoms. The van der Waals surface area contributed by atoms with Crippen LogP contribution in [0.5, 0.6) is 0 Å². The number of sulfonamides is 1. The van der Waals surface area contributed by atoms with Crippen LogP contribution in [0.4, 0.5) is 5.69 Å². The normalized spacial score (nSPS) is 15.7. The molecule has 0 radical (unpaired) electrons. The van der Waals surface area contributed by atoms with Gasteiger partial charge in [-0.25, -0.2) is 13.1 Å². The van der Waals surface area contributed by atoms with E-state index in [9.17, 15) is 13.2 Å². The molecule has 0 aromatic heterocycles. The van der Waals surface area contributed by atoms with Gasteiger partial charge in [0.05, 0.1) is 4.90 Å². The third-order valence-electron chi connectivity index (χ3n) is 3.32. The molecule has 1 aliphatic carbocycles. The Hall–Kier alpha value is -1.44.